The van der Waals surface area contributed by atoms with Crippen molar-refractivity contribution in [2.24, 2.45) is 0 Å². The highest BCUT2D eigenvalue weighted by Crippen LogP contribution is 2.17. The first kappa shape index (κ1) is 17.9. The van der Waals surface area contributed by atoms with Crippen molar-refractivity contribution >= 4 is 28.4 Å². The van der Waals surface area contributed by atoms with E-state index in [1.807, 2.05) is 18.2 Å². The number of likely N-dealkylation sites (N-methyl/N-ethyl adjacent to an activating group) is 1. The number of amides is 1. The summed E-state index contributed by atoms with van der Waals surface area (Å²) in [5, 5.41) is 0. The van der Waals surface area contributed by atoms with Crippen LogP contribution in [0.5, 0.6) is 0 Å². The van der Waals surface area contributed by atoms with E-state index in [2.05, 4.69) is 0 Å². The van der Waals surface area contributed by atoms with E-state index in [1.54, 1.807) is 37.4 Å². The molecule has 0 saturated heterocycles. The van der Waals surface area contributed by atoms with Crippen molar-refractivity contribution in [1.82, 2.24) is 0 Å². The first-order valence-corrected chi connectivity index (χ1v) is 8.93. The molecule has 0 spiro atoms. The lowest BCUT2D eigenvalue weighted by Crippen LogP contribution is -2.37. The normalized spacial score (nSPS) is 13.0. The second-order valence-corrected chi connectivity index (χ2v) is 6.58. The molecule has 5 nitrogen and oxygen atoms in total. The van der Waals surface area contributed by atoms with Gasteiger partial charge in [-0.05, 0) is 31.2 Å². The largest absolute Gasteiger partial charge is 0.449 e. The standard InChI is InChI=1S/C18H19NO4S/c1-13(17(20)19(2)14-9-5-4-6-10-14)23-18(21)15-11-7-8-12-16(15)24(3)22/h4-13H,1-3H3/t13-,24+/m0/s1. The third-order valence-electron chi connectivity index (χ3n) is 3.52. The predicted octanol–water partition coefficient (Wildman–Crippen LogP) is 2.63. The molecule has 0 aliphatic heterocycles. The number of anilines is 1. The Morgan fingerprint density at radius 2 is 1.62 bits per heavy atom. The van der Waals surface area contributed by atoms with Crippen LogP contribution < -0.4 is 4.90 Å². The van der Waals surface area contributed by atoms with Crippen LogP contribution in [0.15, 0.2) is 59.5 Å². The maximum atomic E-state index is 12.4. The number of para-hydroxylation sites is 1. The highest BCUT2D eigenvalue weighted by Gasteiger charge is 2.24. The van der Waals surface area contributed by atoms with E-state index in [-0.39, 0.29) is 11.5 Å². The van der Waals surface area contributed by atoms with E-state index in [0.29, 0.717) is 10.6 Å². The van der Waals surface area contributed by atoms with Crippen LogP contribution in [-0.2, 0) is 20.3 Å². The Labute approximate surface area is 143 Å². The molecule has 2 rings (SSSR count). The second-order valence-electron chi connectivity index (χ2n) is 5.23. The lowest BCUT2D eigenvalue weighted by atomic mass is 10.2. The molecule has 0 radical (unpaired) electrons. The van der Waals surface area contributed by atoms with Gasteiger partial charge in [-0.3, -0.25) is 9.00 Å². The Bertz CT molecular complexity index is 761. The highest BCUT2D eigenvalue weighted by molar-refractivity contribution is 7.84. The van der Waals surface area contributed by atoms with Crippen LogP contribution in [0.1, 0.15) is 17.3 Å². The fourth-order valence-electron chi connectivity index (χ4n) is 2.21. The maximum Gasteiger partial charge on any atom is 0.340 e. The molecule has 1 amide bonds. The molecule has 0 heterocycles. The van der Waals surface area contributed by atoms with Crippen LogP contribution in [0.2, 0.25) is 0 Å². The van der Waals surface area contributed by atoms with Gasteiger partial charge in [-0.25, -0.2) is 4.79 Å². The highest BCUT2D eigenvalue weighted by atomic mass is 32.2. The van der Waals surface area contributed by atoms with Crippen LogP contribution >= 0.6 is 0 Å². The summed E-state index contributed by atoms with van der Waals surface area (Å²) in [6.07, 6.45) is 0.533. The quantitative estimate of drug-likeness (QED) is 0.782. The lowest BCUT2D eigenvalue weighted by Gasteiger charge is -2.21. The average Bonchev–Trinajstić information content (AvgIpc) is 2.61. The molecule has 0 saturated carbocycles. The zero-order valence-electron chi connectivity index (χ0n) is 13.8. The molecule has 126 valence electrons. The summed E-state index contributed by atoms with van der Waals surface area (Å²) in [5.74, 6) is -1.01. The van der Waals surface area contributed by atoms with Gasteiger partial charge >= 0.3 is 5.97 Å². The van der Waals surface area contributed by atoms with Crippen LogP contribution in [-0.4, -0.2) is 35.5 Å². The number of carbonyl (C=O) groups excluding carboxylic acids is 2. The van der Waals surface area contributed by atoms with E-state index in [1.165, 1.54) is 24.1 Å². The van der Waals surface area contributed by atoms with Gasteiger partial charge in [0, 0.05) is 19.0 Å². The summed E-state index contributed by atoms with van der Waals surface area (Å²) < 4.78 is 17.0. The summed E-state index contributed by atoms with van der Waals surface area (Å²) in [4.78, 5) is 26.6. The van der Waals surface area contributed by atoms with Crippen molar-refractivity contribution in [3.63, 3.8) is 0 Å². The molecule has 24 heavy (non-hydrogen) atoms. The number of rotatable bonds is 5. The Morgan fingerprint density at radius 1 is 1.04 bits per heavy atom. The third-order valence-corrected chi connectivity index (χ3v) is 4.50. The number of nitrogens with zero attached hydrogens (tertiary/aromatic N) is 1. The predicted molar refractivity (Wildman–Crippen MR) is 93.5 cm³/mol. The first-order chi connectivity index (χ1) is 11.4. The Hall–Kier alpha value is -2.47. The van der Waals surface area contributed by atoms with E-state index in [9.17, 15) is 13.8 Å². The SMILES string of the molecule is C[C@H](OC(=O)c1ccccc1[S@@](C)=O)C(=O)N(C)c1ccccc1. The summed E-state index contributed by atoms with van der Waals surface area (Å²) in [6.45, 7) is 1.52. The van der Waals surface area contributed by atoms with Crippen molar-refractivity contribution < 1.29 is 18.5 Å². The van der Waals surface area contributed by atoms with Gasteiger partial charge in [0.25, 0.3) is 5.91 Å². The zero-order valence-corrected chi connectivity index (χ0v) is 14.6. The molecule has 0 aromatic heterocycles. The van der Waals surface area contributed by atoms with Crippen LogP contribution in [0.3, 0.4) is 0 Å². The molecule has 0 aliphatic carbocycles. The van der Waals surface area contributed by atoms with Crippen LogP contribution in [0.4, 0.5) is 5.69 Å². The molecule has 2 aromatic rings. The van der Waals surface area contributed by atoms with Gasteiger partial charge in [0.1, 0.15) is 0 Å². The van der Waals surface area contributed by atoms with Gasteiger partial charge in [0.15, 0.2) is 6.10 Å². The molecule has 2 atom stereocenters. The van der Waals surface area contributed by atoms with Gasteiger partial charge in [0.05, 0.1) is 21.3 Å². The Balaban J connectivity index is 2.12. The third kappa shape index (κ3) is 4.08. The Kier molecular flexibility index (Phi) is 5.87. The van der Waals surface area contributed by atoms with Crippen molar-refractivity contribution in [1.29, 1.82) is 0 Å². The van der Waals surface area contributed by atoms with Crippen molar-refractivity contribution in [3.8, 4) is 0 Å². The molecule has 2 aromatic carbocycles. The van der Waals surface area contributed by atoms with E-state index >= 15 is 0 Å². The van der Waals surface area contributed by atoms with Crippen molar-refractivity contribution in [3.05, 3.63) is 60.2 Å². The van der Waals surface area contributed by atoms with E-state index < -0.39 is 22.9 Å². The summed E-state index contributed by atoms with van der Waals surface area (Å²) in [5.41, 5.74) is 0.917. The molecular weight excluding hydrogens is 326 g/mol. The number of esters is 1. The van der Waals surface area contributed by atoms with Crippen molar-refractivity contribution in [2.45, 2.75) is 17.9 Å². The molecule has 0 aliphatic rings. The minimum Gasteiger partial charge on any atom is -0.449 e. The number of hydrogen-bond acceptors (Lipinski definition) is 4. The minimum absolute atomic E-state index is 0.209. The van der Waals surface area contributed by atoms with Gasteiger partial charge in [-0.1, -0.05) is 30.3 Å². The smallest absolute Gasteiger partial charge is 0.340 e. The lowest BCUT2D eigenvalue weighted by molar-refractivity contribution is -0.126. The van der Waals surface area contributed by atoms with Crippen LogP contribution in [0.25, 0.3) is 0 Å². The molecular formula is C18H19NO4S. The molecule has 0 bridgehead atoms. The van der Waals surface area contributed by atoms with E-state index in [0.717, 1.165) is 0 Å². The summed E-state index contributed by atoms with van der Waals surface area (Å²) >= 11 is 0. The Morgan fingerprint density at radius 3 is 2.25 bits per heavy atom. The average molecular weight is 345 g/mol. The summed E-state index contributed by atoms with van der Waals surface area (Å²) in [7, 11) is 0.301. The monoisotopic (exact) mass is 345 g/mol. The van der Waals surface area contributed by atoms with Crippen molar-refractivity contribution in [2.75, 3.05) is 18.2 Å². The van der Waals surface area contributed by atoms with Gasteiger partial charge in [-0.2, -0.15) is 0 Å². The van der Waals surface area contributed by atoms with Gasteiger partial charge in [-0.15, -0.1) is 0 Å². The number of carbonyl (C=O) groups is 2. The van der Waals surface area contributed by atoms with Crippen LogP contribution in [0, 0.1) is 0 Å². The maximum absolute atomic E-state index is 12.4. The topological polar surface area (TPSA) is 63.7 Å². The molecule has 0 N–H and O–H groups in total. The second kappa shape index (κ2) is 7.88. The molecule has 0 unspecified atom stereocenters. The van der Waals surface area contributed by atoms with E-state index in [4.69, 9.17) is 4.74 Å². The zero-order chi connectivity index (χ0) is 17.7. The minimum atomic E-state index is -1.32. The number of ether oxygens (including phenoxy) is 1. The fraction of sp³-hybridized carbons (Fsp3) is 0.222. The fourth-order valence-corrected chi connectivity index (χ4v) is 2.94. The number of hydrogen-bond donors (Lipinski definition) is 0. The van der Waals surface area contributed by atoms with Gasteiger partial charge in [0.2, 0.25) is 0 Å². The first-order valence-electron chi connectivity index (χ1n) is 7.38. The molecule has 0 fully saturated rings. The summed E-state index contributed by atoms with van der Waals surface area (Å²) in [6, 6.07) is 15.6. The van der Waals surface area contributed by atoms with Gasteiger partial charge < -0.3 is 9.64 Å². The number of benzene rings is 2. The molecule has 6 heteroatoms.